The summed E-state index contributed by atoms with van der Waals surface area (Å²) in [6, 6.07) is 7.91. The van der Waals surface area contributed by atoms with Crippen molar-refractivity contribution in [3.8, 4) is 0 Å². The van der Waals surface area contributed by atoms with Crippen LogP contribution in [0.2, 0.25) is 0 Å². The molecule has 0 atom stereocenters. The van der Waals surface area contributed by atoms with Gasteiger partial charge in [-0.25, -0.2) is 4.68 Å². The summed E-state index contributed by atoms with van der Waals surface area (Å²) in [5.74, 6) is -0.234. The third-order valence-electron chi connectivity index (χ3n) is 4.29. The van der Waals surface area contributed by atoms with E-state index in [9.17, 15) is 4.79 Å². The minimum absolute atomic E-state index is 0.234. The zero-order chi connectivity index (χ0) is 16.9. The van der Waals surface area contributed by atoms with E-state index in [1.54, 1.807) is 7.11 Å². The Balaban J connectivity index is 1.73. The first kappa shape index (κ1) is 16.6. The molecule has 0 unspecified atom stereocenters. The number of nitrogens with zero attached hydrogens (tertiary/aromatic N) is 3. The Kier molecular flexibility index (Phi) is 5.22. The molecule has 1 saturated heterocycles. The molecule has 1 aromatic carbocycles. The molecule has 3 rings (SSSR count). The van der Waals surface area contributed by atoms with E-state index in [0.29, 0.717) is 18.3 Å². The Bertz CT molecular complexity index is 707. The van der Waals surface area contributed by atoms with Gasteiger partial charge in [-0.3, -0.25) is 4.79 Å². The van der Waals surface area contributed by atoms with Crippen LogP contribution in [0.1, 0.15) is 40.6 Å². The number of hydrogen-bond donors (Lipinski definition) is 2. The van der Waals surface area contributed by atoms with Crippen LogP contribution in [0.5, 0.6) is 0 Å². The maximum absolute atomic E-state index is 12.5. The largest absolute Gasteiger partial charge is 0.380 e. The van der Waals surface area contributed by atoms with Gasteiger partial charge in [-0.1, -0.05) is 17.3 Å². The van der Waals surface area contributed by atoms with Gasteiger partial charge in [0.15, 0.2) is 5.69 Å². The highest BCUT2D eigenvalue weighted by molar-refractivity contribution is 6.03. The van der Waals surface area contributed by atoms with E-state index >= 15 is 0 Å². The number of ether oxygens (including phenoxy) is 1. The lowest BCUT2D eigenvalue weighted by Crippen LogP contribution is -2.30. The standard InChI is InChI=1S/C17H23N5O2/c1-12-16(20-21-22(12)15-6-8-18-9-7-15)17(23)19-14-5-3-4-13(10-14)11-24-2/h3-5,10,15,18H,6-9,11H2,1-2H3,(H,19,23). The lowest BCUT2D eigenvalue weighted by Gasteiger charge is -2.23. The number of carbonyl (C=O) groups excluding carboxylic acids is 1. The molecule has 1 aliphatic rings. The van der Waals surface area contributed by atoms with Crippen molar-refractivity contribution in [2.24, 2.45) is 0 Å². The minimum Gasteiger partial charge on any atom is -0.380 e. The highest BCUT2D eigenvalue weighted by atomic mass is 16.5. The molecule has 2 aromatic rings. The van der Waals surface area contributed by atoms with Crippen LogP contribution in [-0.2, 0) is 11.3 Å². The fourth-order valence-electron chi connectivity index (χ4n) is 3.04. The fourth-order valence-corrected chi connectivity index (χ4v) is 3.04. The summed E-state index contributed by atoms with van der Waals surface area (Å²) in [5.41, 5.74) is 2.92. The summed E-state index contributed by atoms with van der Waals surface area (Å²) in [7, 11) is 1.65. The number of aromatic nitrogens is 3. The van der Waals surface area contributed by atoms with Gasteiger partial charge in [-0.15, -0.1) is 5.10 Å². The Labute approximate surface area is 141 Å². The summed E-state index contributed by atoms with van der Waals surface area (Å²) in [5, 5.41) is 14.5. The van der Waals surface area contributed by atoms with E-state index in [4.69, 9.17) is 4.74 Å². The predicted molar refractivity (Wildman–Crippen MR) is 91.0 cm³/mol. The van der Waals surface area contributed by atoms with Crippen molar-refractivity contribution in [1.82, 2.24) is 20.3 Å². The number of methoxy groups -OCH3 is 1. The SMILES string of the molecule is COCc1cccc(NC(=O)c2nnn(C3CCNCC3)c2C)c1. The van der Waals surface area contributed by atoms with Crippen molar-refractivity contribution >= 4 is 11.6 Å². The zero-order valence-electron chi connectivity index (χ0n) is 14.1. The van der Waals surface area contributed by atoms with E-state index in [1.807, 2.05) is 35.9 Å². The van der Waals surface area contributed by atoms with Gasteiger partial charge in [0.2, 0.25) is 0 Å². The minimum atomic E-state index is -0.234. The number of benzene rings is 1. The Morgan fingerprint density at radius 1 is 1.42 bits per heavy atom. The molecule has 128 valence electrons. The van der Waals surface area contributed by atoms with Gasteiger partial charge in [0.1, 0.15) is 0 Å². The second kappa shape index (κ2) is 7.55. The van der Waals surface area contributed by atoms with Crippen LogP contribution in [-0.4, -0.2) is 41.1 Å². The lowest BCUT2D eigenvalue weighted by molar-refractivity contribution is 0.102. The average Bonchev–Trinajstić information content (AvgIpc) is 2.98. The predicted octanol–water partition coefficient (Wildman–Crippen LogP) is 1.91. The van der Waals surface area contributed by atoms with E-state index < -0.39 is 0 Å². The van der Waals surface area contributed by atoms with Crippen molar-refractivity contribution in [2.75, 3.05) is 25.5 Å². The number of hydrogen-bond acceptors (Lipinski definition) is 5. The van der Waals surface area contributed by atoms with Crippen LogP contribution >= 0.6 is 0 Å². The highest BCUT2D eigenvalue weighted by Gasteiger charge is 2.22. The highest BCUT2D eigenvalue weighted by Crippen LogP contribution is 2.21. The van der Waals surface area contributed by atoms with Crippen LogP contribution in [0, 0.1) is 6.92 Å². The summed E-state index contributed by atoms with van der Waals surface area (Å²) in [6.07, 6.45) is 2.01. The summed E-state index contributed by atoms with van der Waals surface area (Å²) in [6.45, 7) is 4.35. The van der Waals surface area contributed by atoms with Gasteiger partial charge in [0, 0.05) is 12.8 Å². The van der Waals surface area contributed by atoms with Crippen molar-refractivity contribution < 1.29 is 9.53 Å². The van der Waals surface area contributed by atoms with Gasteiger partial charge in [-0.05, 0) is 50.6 Å². The first-order valence-corrected chi connectivity index (χ1v) is 8.20. The molecule has 7 heteroatoms. The van der Waals surface area contributed by atoms with Gasteiger partial charge < -0.3 is 15.4 Å². The van der Waals surface area contributed by atoms with Crippen molar-refractivity contribution in [3.63, 3.8) is 0 Å². The lowest BCUT2D eigenvalue weighted by atomic mass is 10.1. The number of piperidine rings is 1. The summed E-state index contributed by atoms with van der Waals surface area (Å²) in [4.78, 5) is 12.5. The molecule has 2 N–H and O–H groups in total. The molecule has 2 heterocycles. The maximum Gasteiger partial charge on any atom is 0.278 e. The number of rotatable bonds is 5. The normalized spacial score (nSPS) is 15.4. The van der Waals surface area contributed by atoms with E-state index in [0.717, 1.165) is 42.9 Å². The van der Waals surface area contributed by atoms with Gasteiger partial charge in [0.25, 0.3) is 5.91 Å². The number of nitrogens with one attached hydrogen (secondary N) is 2. The number of carbonyl (C=O) groups is 1. The van der Waals surface area contributed by atoms with Gasteiger partial charge in [-0.2, -0.15) is 0 Å². The van der Waals surface area contributed by atoms with Crippen LogP contribution in [0.4, 0.5) is 5.69 Å². The van der Waals surface area contributed by atoms with Crippen LogP contribution in [0.15, 0.2) is 24.3 Å². The second-order valence-corrected chi connectivity index (χ2v) is 6.04. The van der Waals surface area contributed by atoms with E-state index in [1.165, 1.54) is 0 Å². The molecule has 1 amide bonds. The summed E-state index contributed by atoms with van der Waals surface area (Å²) >= 11 is 0. The van der Waals surface area contributed by atoms with Crippen molar-refractivity contribution in [2.45, 2.75) is 32.4 Å². The molecular weight excluding hydrogens is 306 g/mol. The molecule has 7 nitrogen and oxygen atoms in total. The molecule has 0 bridgehead atoms. The molecule has 24 heavy (non-hydrogen) atoms. The van der Waals surface area contributed by atoms with Gasteiger partial charge in [0.05, 0.1) is 18.3 Å². The first-order valence-electron chi connectivity index (χ1n) is 8.20. The Morgan fingerprint density at radius 2 is 2.21 bits per heavy atom. The molecule has 0 saturated carbocycles. The summed E-state index contributed by atoms with van der Waals surface area (Å²) < 4.78 is 7.00. The smallest absolute Gasteiger partial charge is 0.278 e. The number of amides is 1. The average molecular weight is 329 g/mol. The van der Waals surface area contributed by atoms with Crippen LogP contribution in [0.3, 0.4) is 0 Å². The topological polar surface area (TPSA) is 81.1 Å². The molecule has 0 spiro atoms. The second-order valence-electron chi connectivity index (χ2n) is 6.04. The fraction of sp³-hybridized carbons (Fsp3) is 0.471. The number of anilines is 1. The van der Waals surface area contributed by atoms with E-state index in [2.05, 4.69) is 20.9 Å². The quantitative estimate of drug-likeness (QED) is 0.876. The molecular formula is C17H23N5O2. The van der Waals surface area contributed by atoms with Crippen LogP contribution in [0.25, 0.3) is 0 Å². The van der Waals surface area contributed by atoms with Crippen molar-refractivity contribution in [3.05, 3.63) is 41.2 Å². The first-order chi connectivity index (χ1) is 11.7. The molecule has 1 aromatic heterocycles. The van der Waals surface area contributed by atoms with Gasteiger partial charge >= 0.3 is 0 Å². The maximum atomic E-state index is 12.5. The molecule has 0 aliphatic carbocycles. The monoisotopic (exact) mass is 329 g/mol. The third kappa shape index (κ3) is 3.63. The molecule has 0 radical (unpaired) electrons. The van der Waals surface area contributed by atoms with Crippen molar-refractivity contribution in [1.29, 1.82) is 0 Å². The zero-order valence-corrected chi connectivity index (χ0v) is 14.1. The molecule has 1 aliphatic heterocycles. The van der Waals surface area contributed by atoms with E-state index in [-0.39, 0.29) is 5.91 Å². The third-order valence-corrected chi connectivity index (χ3v) is 4.29. The van der Waals surface area contributed by atoms with Crippen LogP contribution < -0.4 is 10.6 Å². The molecule has 1 fully saturated rings. The Hall–Kier alpha value is -2.25. The Morgan fingerprint density at radius 3 is 2.96 bits per heavy atom.